The lowest BCUT2D eigenvalue weighted by Gasteiger charge is -2.54. The number of nitrogens with one attached hydrogen (secondary N) is 1. The van der Waals surface area contributed by atoms with Crippen molar-refractivity contribution in [2.24, 2.45) is 11.3 Å². The van der Waals surface area contributed by atoms with Crippen LogP contribution in [0.25, 0.3) is 0 Å². The second-order valence-electron chi connectivity index (χ2n) is 10.1. The van der Waals surface area contributed by atoms with Crippen LogP contribution in [-0.4, -0.2) is 70.7 Å². The molecule has 194 valence electrons. The minimum atomic E-state index is -4.39. The first kappa shape index (κ1) is 24.5. The van der Waals surface area contributed by atoms with Gasteiger partial charge in [-0.15, -0.1) is 0 Å². The number of hydrogen-bond acceptors (Lipinski definition) is 5. The van der Waals surface area contributed by atoms with Crippen LogP contribution in [0.2, 0.25) is 0 Å². The Hall–Kier alpha value is -3.24. The molecule has 36 heavy (non-hydrogen) atoms. The molecule has 1 N–H and O–H groups in total. The van der Waals surface area contributed by atoms with Crippen molar-refractivity contribution in [2.75, 3.05) is 32.8 Å². The quantitative estimate of drug-likeness (QED) is 0.668. The Bertz CT molecular complexity index is 1090. The lowest BCUT2D eigenvalue weighted by molar-refractivity contribution is -0.153. The largest absolute Gasteiger partial charge is 0.484 e. The highest BCUT2D eigenvalue weighted by Crippen LogP contribution is 2.42. The van der Waals surface area contributed by atoms with Gasteiger partial charge in [0, 0.05) is 49.6 Å². The molecule has 8 nitrogen and oxygen atoms in total. The fraction of sp³-hybridized carbons (Fsp3) is 0.560. The summed E-state index contributed by atoms with van der Waals surface area (Å²) in [6, 6.07) is 5.99. The zero-order chi connectivity index (χ0) is 25.3. The summed E-state index contributed by atoms with van der Waals surface area (Å²) in [6.07, 6.45) is 0.938. The summed E-state index contributed by atoms with van der Waals surface area (Å²) in [5.74, 6) is 0.333. The number of fused-ring (bicyclic) bond motifs is 1. The van der Waals surface area contributed by atoms with Crippen LogP contribution in [0, 0.1) is 11.3 Å². The standard InChI is InChI=1S/C25H29F3N4O4/c26-25(27,28)15-36-19-4-1-17(2-5-19)12-35-23(34)31-9-7-24(8-10-31)13-32(14-24)22(33)18-3-6-20-21(11-18)30-16-29-20/h1-2,4-5,16,18H,3,6-15H2,(H,29,30). The fourth-order valence-electron chi connectivity index (χ4n) is 5.35. The first-order chi connectivity index (χ1) is 17.2. The van der Waals surface area contributed by atoms with E-state index in [1.807, 2.05) is 4.90 Å². The summed E-state index contributed by atoms with van der Waals surface area (Å²) in [5, 5.41) is 0. The lowest BCUT2D eigenvalue weighted by atomic mass is 9.71. The highest BCUT2D eigenvalue weighted by Gasteiger charge is 2.48. The van der Waals surface area contributed by atoms with Crippen molar-refractivity contribution in [3.8, 4) is 5.75 Å². The molecule has 3 aliphatic rings. The maximum atomic E-state index is 13.0. The van der Waals surface area contributed by atoms with Crippen LogP contribution in [0.4, 0.5) is 18.0 Å². The minimum Gasteiger partial charge on any atom is -0.484 e. The average molecular weight is 507 g/mol. The molecular weight excluding hydrogens is 477 g/mol. The number of nitrogens with zero attached hydrogens (tertiary/aromatic N) is 3. The molecule has 11 heteroatoms. The van der Waals surface area contributed by atoms with E-state index in [0.29, 0.717) is 18.7 Å². The molecule has 3 heterocycles. The van der Waals surface area contributed by atoms with E-state index < -0.39 is 18.9 Å². The van der Waals surface area contributed by atoms with Crippen LogP contribution in [0.15, 0.2) is 30.6 Å². The normalized spacial score (nSPS) is 21.0. The van der Waals surface area contributed by atoms with Gasteiger partial charge in [0.1, 0.15) is 12.4 Å². The van der Waals surface area contributed by atoms with Crippen molar-refractivity contribution in [1.82, 2.24) is 19.8 Å². The molecule has 5 rings (SSSR count). The second-order valence-corrected chi connectivity index (χ2v) is 10.1. The van der Waals surface area contributed by atoms with Gasteiger partial charge in [-0.1, -0.05) is 12.1 Å². The van der Waals surface area contributed by atoms with Crippen molar-refractivity contribution < 1.29 is 32.2 Å². The minimum absolute atomic E-state index is 0.00985. The van der Waals surface area contributed by atoms with Crippen molar-refractivity contribution in [1.29, 1.82) is 0 Å². The number of H-pyrrole nitrogens is 1. The van der Waals surface area contributed by atoms with Crippen molar-refractivity contribution in [2.45, 2.75) is 44.9 Å². The second kappa shape index (κ2) is 9.67. The maximum Gasteiger partial charge on any atom is 0.422 e. The van der Waals surface area contributed by atoms with E-state index in [9.17, 15) is 22.8 Å². The van der Waals surface area contributed by atoms with Gasteiger partial charge in [0.15, 0.2) is 6.61 Å². The van der Waals surface area contributed by atoms with E-state index in [2.05, 4.69) is 14.7 Å². The van der Waals surface area contributed by atoms with E-state index in [0.717, 1.165) is 56.6 Å². The molecule has 2 aliphatic heterocycles. The van der Waals surface area contributed by atoms with E-state index >= 15 is 0 Å². The van der Waals surface area contributed by atoms with Gasteiger partial charge in [0.25, 0.3) is 0 Å². The number of halogens is 3. The third kappa shape index (κ3) is 5.44. The molecule has 2 amide bonds. The van der Waals surface area contributed by atoms with Crippen LogP contribution >= 0.6 is 0 Å². The Labute approximate surface area is 206 Å². The Morgan fingerprint density at radius 2 is 1.83 bits per heavy atom. The number of ether oxygens (including phenoxy) is 2. The summed E-state index contributed by atoms with van der Waals surface area (Å²) in [6.45, 7) is 1.31. The van der Waals surface area contributed by atoms with Crippen LogP contribution in [0.5, 0.6) is 5.75 Å². The number of aryl methyl sites for hydroxylation is 1. The van der Waals surface area contributed by atoms with E-state index in [1.165, 1.54) is 12.1 Å². The Balaban J connectivity index is 1.03. The molecule has 1 unspecified atom stereocenters. The summed E-state index contributed by atoms with van der Waals surface area (Å²) in [5.41, 5.74) is 2.89. The zero-order valence-electron chi connectivity index (χ0n) is 19.9. The van der Waals surface area contributed by atoms with Crippen LogP contribution in [-0.2, 0) is 29.0 Å². The monoisotopic (exact) mass is 506 g/mol. The van der Waals surface area contributed by atoms with E-state index in [1.54, 1.807) is 23.4 Å². The van der Waals surface area contributed by atoms with Crippen molar-refractivity contribution in [3.05, 3.63) is 47.5 Å². The Morgan fingerprint density at radius 3 is 2.53 bits per heavy atom. The van der Waals surface area contributed by atoms with Gasteiger partial charge in [-0.25, -0.2) is 9.78 Å². The van der Waals surface area contributed by atoms with Gasteiger partial charge in [-0.2, -0.15) is 13.2 Å². The maximum absolute atomic E-state index is 13.0. The molecule has 0 bridgehead atoms. The number of hydrogen-bond donors (Lipinski definition) is 1. The highest BCUT2D eigenvalue weighted by atomic mass is 19.4. The smallest absolute Gasteiger partial charge is 0.422 e. The van der Waals surface area contributed by atoms with Crippen LogP contribution in [0.3, 0.4) is 0 Å². The highest BCUT2D eigenvalue weighted by molar-refractivity contribution is 5.80. The number of carbonyl (C=O) groups is 2. The van der Waals surface area contributed by atoms with E-state index in [-0.39, 0.29) is 29.6 Å². The van der Waals surface area contributed by atoms with Gasteiger partial charge in [0.2, 0.25) is 5.91 Å². The summed E-state index contributed by atoms with van der Waals surface area (Å²) >= 11 is 0. The van der Waals surface area contributed by atoms with Gasteiger partial charge in [0.05, 0.1) is 12.0 Å². The number of likely N-dealkylation sites (tertiary alicyclic amines) is 2. The predicted octanol–water partition coefficient (Wildman–Crippen LogP) is 3.72. The number of amides is 2. The van der Waals surface area contributed by atoms with Crippen molar-refractivity contribution in [3.63, 3.8) is 0 Å². The Morgan fingerprint density at radius 1 is 1.11 bits per heavy atom. The molecule has 1 aromatic carbocycles. The molecule has 2 saturated heterocycles. The third-order valence-corrected chi connectivity index (χ3v) is 7.47. The van der Waals surface area contributed by atoms with Gasteiger partial charge in [-0.3, -0.25) is 4.79 Å². The number of aromatic amines is 1. The molecule has 1 atom stereocenters. The lowest BCUT2D eigenvalue weighted by Crippen LogP contribution is -2.63. The molecule has 2 fully saturated rings. The summed E-state index contributed by atoms with van der Waals surface area (Å²) in [7, 11) is 0. The fourth-order valence-corrected chi connectivity index (χ4v) is 5.35. The van der Waals surface area contributed by atoms with E-state index in [4.69, 9.17) is 4.74 Å². The molecule has 0 saturated carbocycles. The Kier molecular flexibility index (Phi) is 6.57. The number of carbonyl (C=O) groups excluding carboxylic acids is 2. The SMILES string of the molecule is O=C(OCc1ccc(OCC(F)(F)F)cc1)N1CCC2(CC1)CN(C(=O)C1CCc3nc[nH]c3C1)C2. The first-order valence-electron chi connectivity index (χ1n) is 12.2. The number of benzene rings is 1. The van der Waals surface area contributed by atoms with Gasteiger partial charge in [-0.05, 0) is 43.4 Å². The molecular formula is C25H29F3N4O4. The van der Waals surface area contributed by atoms with Gasteiger partial charge < -0.3 is 24.3 Å². The molecule has 2 aromatic rings. The first-order valence-corrected chi connectivity index (χ1v) is 12.2. The number of imidazole rings is 1. The third-order valence-electron chi connectivity index (χ3n) is 7.47. The van der Waals surface area contributed by atoms with Crippen LogP contribution in [0.1, 0.15) is 36.2 Å². The number of rotatable bonds is 5. The topological polar surface area (TPSA) is 87.8 Å². The summed E-state index contributed by atoms with van der Waals surface area (Å²) < 4.78 is 46.8. The molecule has 1 aromatic heterocycles. The predicted molar refractivity (Wildman–Crippen MR) is 122 cm³/mol. The molecule has 0 radical (unpaired) electrons. The number of piperidine rings is 1. The zero-order valence-corrected chi connectivity index (χ0v) is 19.9. The van der Waals surface area contributed by atoms with Crippen LogP contribution < -0.4 is 4.74 Å². The van der Waals surface area contributed by atoms with Gasteiger partial charge >= 0.3 is 12.3 Å². The number of aromatic nitrogens is 2. The molecule has 1 aliphatic carbocycles. The van der Waals surface area contributed by atoms with Crippen molar-refractivity contribution >= 4 is 12.0 Å². The summed E-state index contributed by atoms with van der Waals surface area (Å²) in [4.78, 5) is 36.6. The average Bonchev–Trinajstić information content (AvgIpc) is 3.32. The number of alkyl halides is 3. The molecule has 1 spiro atoms.